The van der Waals surface area contributed by atoms with E-state index in [1.54, 1.807) is 24.3 Å². The molecule has 2 fully saturated rings. The molecule has 1 amide bonds. The number of aromatic nitrogens is 2. The topological polar surface area (TPSA) is 89.3 Å². The molecule has 0 radical (unpaired) electrons. The van der Waals surface area contributed by atoms with E-state index in [2.05, 4.69) is 20.8 Å². The first kappa shape index (κ1) is 14.5. The number of carbonyl (C=O) groups excluding carboxylic acids is 1. The zero-order chi connectivity index (χ0) is 15.8. The van der Waals surface area contributed by atoms with Crippen LogP contribution < -0.4 is 15.4 Å². The maximum Gasteiger partial charge on any atom is 0.421 e. The Bertz CT molecular complexity index is 718. The minimum atomic E-state index is -0.0875. The summed E-state index contributed by atoms with van der Waals surface area (Å²) in [5.74, 6) is 0.417. The van der Waals surface area contributed by atoms with E-state index in [-0.39, 0.29) is 23.4 Å². The lowest BCUT2D eigenvalue weighted by Gasteiger charge is -2.21. The maximum atomic E-state index is 12.3. The van der Waals surface area contributed by atoms with Gasteiger partial charge in [0.1, 0.15) is 5.75 Å². The fraction of sp³-hybridized carbons (Fsp3) is 0.400. The average molecular weight is 335 g/mol. The smallest absolute Gasteiger partial charge is 0.410 e. The molecule has 2 N–H and O–H groups in total. The Labute approximate surface area is 137 Å². The normalized spacial score (nSPS) is 25.5. The molecular formula is C15H15ClN4O3. The van der Waals surface area contributed by atoms with E-state index >= 15 is 0 Å². The molecule has 0 aliphatic carbocycles. The first-order chi connectivity index (χ1) is 11.2. The third kappa shape index (κ3) is 3.02. The fourth-order valence-electron chi connectivity index (χ4n) is 3.24. The summed E-state index contributed by atoms with van der Waals surface area (Å²) in [6.07, 6.45) is 3.31. The zero-order valence-electron chi connectivity index (χ0n) is 12.2. The van der Waals surface area contributed by atoms with E-state index in [1.807, 2.05) is 0 Å². The van der Waals surface area contributed by atoms with Crippen LogP contribution in [0.25, 0.3) is 0 Å². The van der Waals surface area contributed by atoms with E-state index in [0.29, 0.717) is 23.4 Å². The highest BCUT2D eigenvalue weighted by Gasteiger charge is 2.39. The van der Waals surface area contributed by atoms with Gasteiger partial charge in [-0.3, -0.25) is 4.79 Å². The summed E-state index contributed by atoms with van der Waals surface area (Å²) in [7, 11) is 0. The first-order valence-electron chi connectivity index (χ1n) is 7.51. The number of fused-ring (bicyclic) bond motifs is 2. The van der Waals surface area contributed by atoms with Crippen LogP contribution in [0, 0.1) is 0 Å². The molecule has 1 aromatic heterocycles. The van der Waals surface area contributed by atoms with Crippen molar-refractivity contribution >= 4 is 17.5 Å². The first-order valence-corrected chi connectivity index (χ1v) is 7.89. The summed E-state index contributed by atoms with van der Waals surface area (Å²) in [5, 5.41) is 13.6. The number of nitrogens with one attached hydrogen (secondary N) is 2. The quantitative estimate of drug-likeness (QED) is 0.890. The Morgan fingerprint density at radius 3 is 2.74 bits per heavy atom. The lowest BCUT2D eigenvalue weighted by molar-refractivity contribution is 0.0931. The molecule has 3 heterocycles. The van der Waals surface area contributed by atoms with Crippen LogP contribution >= 0.6 is 11.6 Å². The van der Waals surface area contributed by atoms with Gasteiger partial charge in [0, 0.05) is 23.7 Å². The highest BCUT2D eigenvalue weighted by molar-refractivity contribution is 6.27. The van der Waals surface area contributed by atoms with Gasteiger partial charge in [-0.2, -0.15) is 0 Å². The predicted molar refractivity (Wildman–Crippen MR) is 81.6 cm³/mol. The third-order valence-corrected chi connectivity index (χ3v) is 4.47. The number of hydrogen-bond acceptors (Lipinski definition) is 6. The molecule has 4 rings (SSSR count). The monoisotopic (exact) mass is 334 g/mol. The number of hydrogen-bond donors (Lipinski definition) is 2. The molecule has 1 aromatic carbocycles. The van der Waals surface area contributed by atoms with Gasteiger partial charge < -0.3 is 19.8 Å². The summed E-state index contributed by atoms with van der Waals surface area (Å²) in [6, 6.07) is 7.93. The highest BCUT2D eigenvalue weighted by atomic mass is 35.5. The molecule has 8 heteroatoms. The van der Waals surface area contributed by atoms with Crippen molar-refractivity contribution in [2.24, 2.45) is 0 Å². The SMILES string of the molecule is O=C(N[C@@H]1C[C@H]2CC[C@@H]1N2)c1ccc(Oc2nnc(Cl)o2)cc1. The van der Waals surface area contributed by atoms with Crippen LogP contribution in [-0.2, 0) is 0 Å². The molecule has 23 heavy (non-hydrogen) atoms. The summed E-state index contributed by atoms with van der Waals surface area (Å²) >= 11 is 5.52. The van der Waals surface area contributed by atoms with E-state index in [0.717, 1.165) is 12.8 Å². The van der Waals surface area contributed by atoms with Gasteiger partial charge in [0.2, 0.25) is 0 Å². The number of carbonyl (C=O) groups is 1. The molecule has 2 bridgehead atoms. The van der Waals surface area contributed by atoms with Crippen LogP contribution in [0.2, 0.25) is 5.35 Å². The Morgan fingerprint density at radius 2 is 2.13 bits per heavy atom. The molecule has 120 valence electrons. The van der Waals surface area contributed by atoms with E-state index in [9.17, 15) is 4.79 Å². The van der Waals surface area contributed by atoms with Crippen LogP contribution in [0.1, 0.15) is 29.6 Å². The summed E-state index contributed by atoms with van der Waals surface area (Å²) in [4.78, 5) is 12.3. The Kier molecular flexibility index (Phi) is 3.66. The number of halogens is 1. The maximum absolute atomic E-state index is 12.3. The number of nitrogens with zero attached hydrogens (tertiary/aromatic N) is 2. The molecule has 0 unspecified atom stereocenters. The van der Waals surface area contributed by atoms with Crippen LogP contribution in [-0.4, -0.2) is 34.2 Å². The van der Waals surface area contributed by atoms with E-state index in [1.165, 1.54) is 6.42 Å². The number of benzene rings is 1. The molecule has 3 atom stereocenters. The number of rotatable bonds is 4. The van der Waals surface area contributed by atoms with Gasteiger partial charge in [0.15, 0.2) is 0 Å². The molecule has 2 saturated heterocycles. The Balaban J connectivity index is 1.38. The largest absolute Gasteiger partial charge is 0.421 e. The predicted octanol–water partition coefficient (Wildman–Crippen LogP) is 2.14. The van der Waals surface area contributed by atoms with Crippen LogP contribution in [0.4, 0.5) is 0 Å². The van der Waals surface area contributed by atoms with Crippen LogP contribution in [0.15, 0.2) is 28.7 Å². The minimum Gasteiger partial charge on any atom is -0.410 e. The highest BCUT2D eigenvalue weighted by Crippen LogP contribution is 2.28. The van der Waals surface area contributed by atoms with Gasteiger partial charge in [-0.15, -0.1) is 0 Å². The van der Waals surface area contributed by atoms with E-state index < -0.39 is 0 Å². The van der Waals surface area contributed by atoms with Crippen LogP contribution in [0.3, 0.4) is 0 Å². The van der Waals surface area contributed by atoms with Gasteiger partial charge >= 0.3 is 11.4 Å². The van der Waals surface area contributed by atoms with Gasteiger partial charge in [0.05, 0.1) is 0 Å². The minimum absolute atomic E-state index is 0.0414. The van der Waals surface area contributed by atoms with Crippen molar-refractivity contribution in [3.05, 3.63) is 35.2 Å². The lowest BCUT2D eigenvalue weighted by atomic mass is 9.95. The summed E-state index contributed by atoms with van der Waals surface area (Å²) < 4.78 is 10.3. The van der Waals surface area contributed by atoms with Gasteiger partial charge in [-0.1, -0.05) is 10.2 Å². The van der Waals surface area contributed by atoms with Crippen molar-refractivity contribution < 1.29 is 13.9 Å². The summed E-state index contributed by atoms with van der Waals surface area (Å²) in [5.41, 5.74) is 0.587. The van der Waals surface area contributed by atoms with Gasteiger partial charge in [0.25, 0.3) is 5.91 Å². The molecule has 2 aliphatic rings. The number of amides is 1. The standard InChI is InChI=1S/C15H15ClN4O3/c16-14-19-20-15(23-14)22-10-4-1-8(2-5-10)13(21)18-12-7-9-3-6-11(12)17-9/h1-2,4-5,9,11-12,17H,3,6-7H2,(H,18,21)/t9-,11+,12-/m1/s1. The second kappa shape index (κ2) is 5.82. The van der Waals surface area contributed by atoms with Crippen molar-refractivity contribution in [1.82, 2.24) is 20.8 Å². The molecule has 2 aliphatic heterocycles. The average Bonchev–Trinajstić information content (AvgIpc) is 3.25. The Morgan fingerprint density at radius 1 is 1.30 bits per heavy atom. The molecular weight excluding hydrogens is 320 g/mol. The van der Waals surface area contributed by atoms with Crippen molar-refractivity contribution in [1.29, 1.82) is 0 Å². The molecule has 2 aromatic rings. The van der Waals surface area contributed by atoms with Crippen molar-refractivity contribution in [3.63, 3.8) is 0 Å². The molecule has 0 saturated carbocycles. The fourth-order valence-corrected chi connectivity index (χ4v) is 3.35. The third-order valence-electron chi connectivity index (χ3n) is 4.32. The van der Waals surface area contributed by atoms with Crippen LogP contribution in [0.5, 0.6) is 11.8 Å². The van der Waals surface area contributed by atoms with Crippen molar-refractivity contribution in [2.75, 3.05) is 0 Å². The second-order valence-electron chi connectivity index (χ2n) is 5.81. The second-order valence-corrected chi connectivity index (χ2v) is 6.13. The lowest BCUT2D eigenvalue weighted by Crippen LogP contribution is -2.42. The Hall–Kier alpha value is -2.12. The zero-order valence-corrected chi connectivity index (χ0v) is 12.9. The van der Waals surface area contributed by atoms with Crippen molar-refractivity contribution in [3.8, 4) is 11.8 Å². The molecule has 7 nitrogen and oxygen atoms in total. The van der Waals surface area contributed by atoms with Gasteiger partial charge in [-0.05, 0) is 55.1 Å². The molecule has 0 spiro atoms. The summed E-state index contributed by atoms with van der Waals surface area (Å²) in [6.45, 7) is 0. The number of ether oxygens (including phenoxy) is 1. The van der Waals surface area contributed by atoms with Gasteiger partial charge in [-0.25, -0.2) is 0 Å². The van der Waals surface area contributed by atoms with E-state index in [4.69, 9.17) is 20.8 Å². The van der Waals surface area contributed by atoms with Crippen molar-refractivity contribution in [2.45, 2.75) is 37.4 Å².